The maximum Gasteiger partial charge on any atom is 0.339 e. The fourth-order valence-corrected chi connectivity index (χ4v) is 3.80. The number of esters is 1. The molecule has 3 aromatic carbocycles. The van der Waals surface area contributed by atoms with Crippen molar-refractivity contribution in [2.24, 2.45) is 0 Å². The summed E-state index contributed by atoms with van der Waals surface area (Å²) < 4.78 is 18.0. The van der Waals surface area contributed by atoms with Crippen LogP contribution in [0.2, 0.25) is 5.02 Å². The number of hydrogen-bond donors (Lipinski definition) is 0. The molecule has 0 unspecified atom stereocenters. The Balaban J connectivity index is 1.93. The molecular formula is C21H14BrClO4. The standard InChI is InChI=1S/C21H14BrClO4/c1-25-20(24)15-12-16(22)18-19(17(15)23)27-21(26-18,13-8-4-2-5-9-13)14-10-6-3-7-11-14/h2-12H,1H3. The minimum atomic E-state index is -1.22. The fourth-order valence-electron chi connectivity index (χ4n) is 3.06. The Kier molecular flexibility index (Phi) is 4.58. The molecule has 0 aliphatic carbocycles. The molecule has 0 bridgehead atoms. The first-order valence-electron chi connectivity index (χ1n) is 8.16. The number of fused-ring (bicyclic) bond motifs is 1. The molecule has 0 amide bonds. The van der Waals surface area contributed by atoms with E-state index in [0.29, 0.717) is 16.0 Å². The molecule has 0 aromatic heterocycles. The predicted octanol–water partition coefficient (Wildman–Crippen LogP) is 5.56. The number of carbonyl (C=O) groups excluding carboxylic acids is 1. The molecule has 3 aromatic rings. The van der Waals surface area contributed by atoms with Gasteiger partial charge in [0.1, 0.15) is 5.02 Å². The summed E-state index contributed by atoms with van der Waals surface area (Å²) in [5.41, 5.74) is 1.80. The lowest BCUT2D eigenvalue weighted by Gasteiger charge is -2.28. The molecule has 0 fully saturated rings. The van der Waals surface area contributed by atoms with Crippen LogP contribution in [-0.2, 0) is 10.5 Å². The monoisotopic (exact) mass is 444 g/mol. The normalized spacial score (nSPS) is 14.0. The first kappa shape index (κ1) is 17.9. The summed E-state index contributed by atoms with van der Waals surface area (Å²) in [6, 6.07) is 20.7. The van der Waals surface area contributed by atoms with Crippen LogP contribution >= 0.6 is 27.5 Å². The van der Waals surface area contributed by atoms with E-state index in [1.165, 1.54) is 7.11 Å². The maximum absolute atomic E-state index is 12.1. The summed E-state index contributed by atoms with van der Waals surface area (Å²) in [4.78, 5) is 12.1. The number of hydrogen-bond acceptors (Lipinski definition) is 4. The Morgan fingerprint density at radius 1 is 0.963 bits per heavy atom. The number of benzene rings is 3. The molecule has 4 rings (SSSR count). The van der Waals surface area contributed by atoms with Gasteiger partial charge >= 0.3 is 11.8 Å². The third kappa shape index (κ3) is 2.87. The van der Waals surface area contributed by atoms with Crippen LogP contribution in [0.3, 0.4) is 0 Å². The van der Waals surface area contributed by atoms with Gasteiger partial charge in [0.15, 0.2) is 11.5 Å². The molecule has 1 heterocycles. The fraction of sp³-hybridized carbons (Fsp3) is 0.0952. The van der Waals surface area contributed by atoms with Gasteiger partial charge in [-0.25, -0.2) is 4.79 Å². The van der Waals surface area contributed by atoms with Crippen molar-refractivity contribution in [2.45, 2.75) is 5.79 Å². The van der Waals surface area contributed by atoms with Crippen LogP contribution in [0.5, 0.6) is 11.5 Å². The van der Waals surface area contributed by atoms with E-state index in [-0.39, 0.29) is 10.6 Å². The molecule has 0 saturated heterocycles. The summed E-state index contributed by atoms with van der Waals surface area (Å²) in [5.74, 6) is -1.05. The summed E-state index contributed by atoms with van der Waals surface area (Å²) in [7, 11) is 1.30. The van der Waals surface area contributed by atoms with E-state index >= 15 is 0 Å². The van der Waals surface area contributed by atoms with Crippen molar-refractivity contribution >= 4 is 33.5 Å². The van der Waals surface area contributed by atoms with Crippen molar-refractivity contribution in [3.8, 4) is 11.5 Å². The van der Waals surface area contributed by atoms with E-state index in [1.807, 2.05) is 60.7 Å². The van der Waals surface area contributed by atoms with Crippen LogP contribution in [0.25, 0.3) is 0 Å². The van der Waals surface area contributed by atoms with Crippen molar-refractivity contribution in [3.05, 3.63) is 92.9 Å². The van der Waals surface area contributed by atoms with Gasteiger partial charge in [0.25, 0.3) is 0 Å². The zero-order valence-electron chi connectivity index (χ0n) is 14.2. The van der Waals surface area contributed by atoms with Crippen molar-refractivity contribution in [2.75, 3.05) is 7.11 Å². The summed E-state index contributed by atoms with van der Waals surface area (Å²) >= 11 is 9.93. The Labute approximate surface area is 169 Å². The van der Waals surface area contributed by atoms with Crippen LogP contribution in [-0.4, -0.2) is 13.1 Å². The summed E-state index contributed by atoms with van der Waals surface area (Å²) in [6.45, 7) is 0. The van der Waals surface area contributed by atoms with Crippen LogP contribution in [0.4, 0.5) is 0 Å². The van der Waals surface area contributed by atoms with Gasteiger partial charge in [0, 0.05) is 11.1 Å². The molecule has 136 valence electrons. The van der Waals surface area contributed by atoms with Crippen LogP contribution in [0, 0.1) is 0 Å². The van der Waals surface area contributed by atoms with Crippen LogP contribution in [0.1, 0.15) is 21.5 Å². The Bertz CT molecular complexity index is 966. The van der Waals surface area contributed by atoms with E-state index in [4.69, 9.17) is 25.8 Å². The molecule has 0 atom stereocenters. The third-order valence-electron chi connectivity index (χ3n) is 4.33. The summed E-state index contributed by atoms with van der Waals surface area (Å²) in [5, 5.41) is 0.147. The Morgan fingerprint density at radius 2 is 1.48 bits per heavy atom. The van der Waals surface area contributed by atoms with Gasteiger partial charge in [-0.1, -0.05) is 72.3 Å². The van der Waals surface area contributed by atoms with Crippen molar-refractivity contribution in [1.29, 1.82) is 0 Å². The largest absolute Gasteiger partial charge is 0.465 e. The zero-order chi connectivity index (χ0) is 19.0. The lowest BCUT2D eigenvalue weighted by Crippen LogP contribution is -2.36. The highest BCUT2D eigenvalue weighted by Gasteiger charge is 2.47. The Hall–Kier alpha value is -2.50. The molecule has 6 heteroatoms. The molecular weight excluding hydrogens is 432 g/mol. The molecule has 0 N–H and O–H groups in total. The van der Waals surface area contributed by atoms with E-state index in [2.05, 4.69) is 15.9 Å². The number of methoxy groups -OCH3 is 1. The first-order valence-corrected chi connectivity index (χ1v) is 9.33. The van der Waals surface area contributed by atoms with Gasteiger partial charge in [0.2, 0.25) is 0 Å². The van der Waals surface area contributed by atoms with Crippen molar-refractivity contribution in [3.63, 3.8) is 0 Å². The minimum absolute atomic E-state index is 0.147. The number of rotatable bonds is 3. The molecule has 1 aliphatic heterocycles. The molecule has 27 heavy (non-hydrogen) atoms. The minimum Gasteiger partial charge on any atom is -0.465 e. The highest BCUT2D eigenvalue weighted by Crippen LogP contribution is 2.54. The van der Waals surface area contributed by atoms with E-state index in [9.17, 15) is 4.79 Å². The highest BCUT2D eigenvalue weighted by atomic mass is 79.9. The van der Waals surface area contributed by atoms with Gasteiger partial charge in [-0.3, -0.25) is 0 Å². The lowest BCUT2D eigenvalue weighted by molar-refractivity contribution is -0.0461. The van der Waals surface area contributed by atoms with E-state index in [0.717, 1.165) is 11.1 Å². The Morgan fingerprint density at radius 3 is 2.00 bits per heavy atom. The van der Waals surface area contributed by atoms with E-state index in [1.54, 1.807) is 6.07 Å². The average molecular weight is 446 g/mol. The predicted molar refractivity (Wildman–Crippen MR) is 105 cm³/mol. The van der Waals surface area contributed by atoms with Gasteiger partial charge in [-0.05, 0) is 22.0 Å². The zero-order valence-corrected chi connectivity index (χ0v) is 16.6. The van der Waals surface area contributed by atoms with Crippen molar-refractivity contribution in [1.82, 2.24) is 0 Å². The average Bonchev–Trinajstić information content (AvgIpc) is 3.14. The molecule has 4 nitrogen and oxygen atoms in total. The molecule has 1 aliphatic rings. The van der Waals surface area contributed by atoms with Crippen LogP contribution < -0.4 is 9.47 Å². The topological polar surface area (TPSA) is 44.8 Å². The van der Waals surface area contributed by atoms with Crippen molar-refractivity contribution < 1.29 is 19.0 Å². The van der Waals surface area contributed by atoms with Gasteiger partial charge in [-0.2, -0.15) is 0 Å². The van der Waals surface area contributed by atoms with Gasteiger partial charge in [-0.15, -0.1) is 0 Å². The van der Waals surface area contributed by atoms with Gasteiger partial charge in [0.05, 0.1) is 17.1 Å². The second-order valence-electron chi connectivity index (χ2n) is 5.92. The molecule has 0 saturated carbocycles. The number of ether oxygens (including phenoxy) is 3. The maximum atomic E-state index is 12.1. The molecule has 0 radical (unpaired) electrons. The second-order valence-corrected chi connectivity index (χ2v) is 7.15. The summed E-state index contributed by atoms with van der Waals surface area (Å²) in [6.07, 6.45) is 0. The third-order valence-corrected chi connectivity index (χ3v) is 5.30. The van der Waals surface area contributed by atoms with E-state index < -0.39 is 11.8 Å². The van der Waals surface area contributed by atoms with Gasteiger partial charge < -0.3 is 14.2 Å². The quantitative estimate of drug-likeness (QED) is 0.495. The lowest BCUT2D eigenvalue weighted by atomic mass is 9.97. The number of halogens is 2. The molecule has 0 spiro atoms. The highest BCUT2D eigenvalue weighted by molar-refractivity contribution is 9.10. The van der Waals surface area contributed by atoms with Crippen LogP contribution in [0.15, 0.2) is 71.2 Å². The first-order chi connectivity index (χ1) is 13.1. The smallest absolute Gasteiger partial charge is 0.339 e. The second kappa shape index (κ2) is 6.91. The SMILES string of the molecule is COC(=O)c1cc(Br)c2c(c1Cl)OC(c1ccccc1)(c1ccccc1)O2. The number of carbonyl (C=O) groups is 1.